The molecular weight excluding hydrogens is 189 g/mol. The number of aromatic nitrogens is 1. The Morgan fingerprint density at radius 2 is 2.33 bits per heavy atom. The highest BCUT2D eigenvalue weighted by molar-refractivity contribution is 6.32. The maximum atomic E-state index is 9.56. The monoisotopic (exact) mass is 203 g/mol. The number of anilines is 2. The fraction of sp³-hybridized carbons (Fsp3) is 0.500. The second kappa shape index (κ2) is 3.41. The number of hydrogen-bond donors (Lipinski definition) is 3. The molecule has 4 N–H and O–H groups in total. The molecule has 1 aromatic heterocycles. The lowest BCUT2D eigenvalue weighted by Crippen LogP contribution is -2.48. The summed E-state index contributed by atoms with van der Waals surface area (Å²) in [6.07, 6.45) is 3.01. The first-order chi connectivity index (χ1) is 6.96. The molecule has 0 atom stereocenters. The quantitative estimate of drug-likeness (QED) is 0.581. The van der Waals surface area contributed by atoms with Crippen LogP contribution in [0.3, 0.4) is 0 Å². The summed E-state index contributed by atoms with van der Waals surface area (Å²) in [6, 6.07) is 1.92. The lowest BCUT2D eigenvalue weighted by molar-refractivity contribution is -0.0235. The summed E-state index contributed by atoms with van der Waals surface area (Å²) in [5, 5.41) is 12.7. The van der Waals surface area contributed by atoms with E-state index in [4.69, 9.17) is 13.6 Å². The van der Waals surface area contributed by atoms with E-state index in [2.05, 4.69) is 10.3 Å². The van der Waals surface area contributed by atoms with E-state index in [1.807, 2.05) is 6.92 Å². The molecule has 5 heteroatoms. The van der Waals surface area contributed by atoms with Gasteiger partial charge in [0.05, 0.1) is 11.3 Å². The maximum Gasteiger partial charge on any atom is 0.149 e. The normalized spacial score (nSPS) is 29.6. The zero-order chi connectivity index (χ0) is 11.1. The molecule has 0 aromatic carbocycles. The van der Waals surface area contributed by atoms with E-state index >= 15 is 0 Å². The molecule has 1 heterocycles. The van der Waals surface area contributed by atoms with Crippen molar-refractivity contribution in [3.05, 3.63) is 12.3 Å². The van der Waals surface area contributed by atoms with Crippen LogP contribution in [-0.2, 0) is 0 Å². The highest BCUT2D eigenvalue weighted by Gasteiger charge is 2.38. The average molecular weight is 203 g/mol. The van der Waals surface area contributed by atoms with Crippen LogP contribution in [-0.4, -0.2) is 29.6 Å². The number of hydrogen-bond acceptors (Lipinski definition) is 4. The summed E-state index contributed by atoms with van der Waals surface area (Å²) >= 11 is 0. The zero-order valence-electron chi connectivity index (χ0n) is 8.70. The molecule has 1 aliphatic carbocycles. The first kappa shape index (κ1) is 10.3. The van der Waals surface area contributed by atoms with Gasteiger partial charge in [-0.15, -0.1) is 0 Å². The minimum absolute atomic E-state index is 0.249. The van der Waals surface area contributed by atoms with Crippen molar-refractivity contribution in [2.75, 3.05) is 11.1 Å². The molecule has 0 bridgehead atoms. The zero-order valence-corrected chi connectivity index (χ0v) is 8.70. The highest BCUT2D eigenvalue weighted by atomic mass is 16.3. The van der Waals surface area contributed by atoms with Crippen LogP contribution in [0.1, 0.15) is 19.8 Å². The van der Waals surface area contributed by atoms with E-state index < -0.39 is 5.60 Å². The van der Waals surface area contributed by atoms with Crippen molar-refractivity contribution in [3.8, 4) is 0 Å². The van der Waals surface area contributed by atoms with Gasteiger partial charge in [-0.2, -0.15) is 0 Å². The summed E-state index contributed by atoms with van der Waals surface area (Å²) in [5.74, 6) is 0.643. The molecule has 2 rings (SSSR count). The van der Waals surface area contributed by atoms with Crippen LogP contribution < -0.4 is 16.5 Å². The van der Waals surface area contributed by atoms with Crippen LogP contribution in [0.15, 0.2) is 12.3 Å². The van der Waals surface area contributed by atoms with Gasteiger partial charge < -0.3 is 16.2 Å². The number of pyridine rings is 1. The summed E-state index contributed by atoms with van der Waals surface area (Å²) in [4.78, 5) is 4.10. The summed E-state index contributed by atoms with van der Waals surface area (Å²) in [5.41, 5.74) is 6.30. The number of aliphatic hydroxyl groups is 1. The van der Waals surface area contributed by atoms with Gasteiger partial charge in [-0.25, -0.2) is 4.98 Å². The van der Waals surface area contributed by atoms with Crippen molar-refractivity contribution in [2.24, 2.45) is 0 Å². The molecule has 2 radical (unpaired) electrons. The number of rotatable bonds is 2. The summed E-state index contributed by atoms with van der Waals surface area (Å²) < 4.78 is 0. The first-order valence-corrected chi connectivity index (χ1v) is 4.96. The molecule has 1 saturated carbocycles. The lowest BCUT2D eigenvalue weighted by atomic mass is 9.77. The Kier molecular flexibility index (Phi) is 2.34. The predicted molar refractivity (Wildman–Crippen MR) is 61.3 cm³/mol. The Bertz CT molecular complexity index is 373. The maximum absolute atomic E-state index is 9.56. The Balaban J connectivity index is 2.00. The van der Waals surface area contributed by atoms with Crippen molar-refractivity contribution in [1.29, 1.82) is 0 Å². The van der Waals surface area contributed by atoms with Crippen molar-refractivity contribution in [1.82, 2.24) is 4.98 Å². The number of nitrogens with one attached hydrogen (secondary N) is 1. The van der Waals surface area contributed by atoms with Gasteiger partial charge in [0.15, 0.2) is 0 Å². The van der Waals surface area contributed by atoms with E-state index in [0.29, 0.717) is 17.0 Å². The van der Waals surface area contributed by atoms with E-state index in [-0.39, 0.29) is 6.04 Å². The minimum atomic E-state index is -0.541. The van der Waals surface area contributed by atoms with Gasteiger partial charge in [0.2, 0.25) is 0 Å². The molecule has 15 heavy (non-hydrogen) atoms. The van der Waals surface area contributed by atoms with Gasteiger partial charge in [0.25, 0.3) is 0 Å². The van der Waals surface area contributed by atoms with E-state index in [0.717, 1.165) is 12.8 Å². The van der Waals surface area contributed by atoms with Crippen molar-refractivity contribution < 1.29 is 5.11 Å². The van der Waals surface area contributed by atoms with Crippen molar-refractivity contribution >= 4 is 24.8 Å². The van der Waals surface area contributed by atoms with Crippen molar-refractivity contribution in [3.63, 3.8) is 0 Å². The fourth-order valence-corrected chi connectivity index (χ4v) is 1.92. The van der Waals surface area contributed by atoms with Crippen LogP contribution in [0.2, 0.25) is 0 Å². The largest absolute Gasteiger partial charge is 0.396 e. The van der Waals surface area contributed by atoms with Crippen molar-refractivity contribution in [2.45, 2.75) is 31.4 Å². The minimum Gasteiger partial charge on any atom is -0.396 e. The first-order valence-electron chi connectivity index (χ1n) is 4.96. The third kappa shape index (κ3) is 2.23. The molecule has 4 nitrogen and oxygen atoms in total. The van der Waals surface area contributed by atoms with Crippen LogP contribution >= 0.6 is 0 Å². The second-order valence-corrected chi connectivity index (χ2v) is 4.45. The van der Waals surface area contributed by atoms with E-state index in [9.17, 15) is 5.11 Å². The summed E-state index contributed by atoms with van der Waals surface area (Å²) in [6.45, 7) is 1.82. The molecule has 1 fully saturated rings. The average Bonchev–Trinajstić information content (AvgIpc) is 2.06. The molecule has 0 saturated heterocycles. The fourth-order valence-electron chi connectivity index (χ4n) is 1.92. The van der Waals surface area contributed by atoms with Crippen LogP contribution in [0.25, 0.3) is 0 Å². The Morgan fingerprint density at radius 1 is 1.67 bits per heavy atom. The van der Waals surface area contributed by atoms with Crippen LogP contribution in [0, 0.1) is 0 Å². The molecular formula is C10H14BN3O. The molecule has 78 valence electrons. The molecule has 0 spiro atoms. The molecule has 1 aromatic rings. The predicted octanol–water partition coefficient (Wildman–Crippen LogP) is -0.217. The number of nitrogens with zero attached hydrogens (tertiary/aromatic N) is 1. The third-order valence-corrected chi connectivity index (χ3v) is 2.65. The molecule has 1 aliphatic rings. The van der Waals surface area contributed by atoms with Gasteiger partial charge in [0.1, 0.15) is 13.7 Å². The van der Waals surface area contributed by atoms with Gasteiger partial charge in [-0.1, -0.05) is 5.46 Å². The molecule has 0 aliphatic heterocycles. The SMILES string of the molecule is [B]c1cnc(NC2CC(C)(O)C2)c(N)c1. The van der Waals surface area contributed by atoms with E-state index in [1.165, 1.54) is 0 Å². The second-order valence-electron chi connectivity index (χ2n) is 4.45. The third-order valence-electron chi connectivity index (χ3n) is 2.65. The standard InChI is InChI=1S/C10H14BN3O/c1-10(15)3-7(4-10)14-9-8(12)2-6(11)5-13-9/h2,5,7,15H,3-4,12H2,1H3,(H,13,14). The number of nitrogens with two attached hydrogens (primary N) is 1. The van der Waals surface area contributed by atoms with Gasteiger partial charge in [-0.05, 0) is 25.8 Å². The van der Waals surface area contributed by atoms with E-state index in [1.54, 1.807) is 12.3 Å². The Labute approximate surface area is 90.3 Å². The molecule has 0 unspecified atom stereocenters. The summed E-state index contributed by atoms with van der Waals surface area (Å²) in [7, 11) is 5.54. The Morgan fingerprint density at radius 3 is 2.87 bits per heavy atom. The van der Waals surface area contributed by atoms with Crippen LogP contribution in [0.5, 0.6) is 0 Å². The number of nitrogen functional groups attached to an aromatic ring is 1. The van der Waals surface area contributed by atoms with Gasteiger partial charge >= 0.3 is 0 Å². The van der Waals surface area contributed by atoms with Gasteiger partial charge in [0, 0.05) is 12.2 Å². The van der Waals surface area contributed by atoms with Crippen LogP contribution in [0.4, 0.5) is 11.5 Å². The smallest absolute Gasteiger partial charge is 0.149 e. The molecule has 0 amide bonds. The lowest BCUT2D eigenvalue weighted by Gasteiger charge is -2.41. The highest BCUT2D eigenvalue weighted by Crippen LogP contribution is 2.33. The Hall–Kier alpha value is -1.23. The van der Waals surface area contributed by atoms with Gasteiger partial charge in [-0.3, -0.25) is 0 Å². The topological polar surface area (TPSA) is 71.2 Å².